The van der Waals surface area contributed by atoms with Gasteiger partial charge in [-0.2, -0.15) is 5.10 Å². The first-order valence-electron chi connectivity index (χ1n) is 9.22. The third kappa shape index (κ3) is 4.29. The molecule has 0 atom stereocenters. The summed E-state index contributed by atoms with van der Waals surface area (Å²) in [4.78, 5) is 8.73. The number of aryl methyl sites for hydroxylation is 1. The molecule has 0 bridgehead atoms. The number of ether oxygens (including phenoxy) is 1. The molecule has 0 amide bonds. The Hall–Kier alpha value is -3.22. The minimum atomic E-state index is 0.342. The molecule has 7 heteroatoms. The van der Waals surface area contributed by atoms with Crippen LogP contribution in [0.3, 0.4) is 0 Å². The van der Waals surface area contributed by atoms with Crippen molar-refractivity contribution in [2.24, 2.45) is 12.8 Å². The Morgan fingerprint density at radius 2 is 1.83 bits per heavy atom. The maximum Gasteiger partial charge on any atom is 0.218 e. The molecule has 4 aromatic rings. The summed E-state index contributed by atoms with van der Waals surface area (Å²) in [5.74, 6) is 1.15. The Kier molecular flexibility index (Phi) is 5.55. The van der Waals surface area contributed by atoms with E-state index in [1.54, 1.807) is 16.9 Å². The van der Waals surface area contributed by atoms with Crippen LogP contribution in [0.4, 0.5) is 0 Å². The lowest BCUT2D eigenvalue weighted by Gasteiger charge is -2.11. The van der Waals surface area contributed by atoms with Crippen molar-refractivity contribution in [3.8, 4) is 34.1 Å². The molecule has 3 aromatic heterocycles. The lowest BCUT2D eigenvalue weighted by molar-refractivity contribution is 0.431. The summed E-state index contributed by atoms with van der Waals surface area (Å²) >= 11 is 6.13. The molecular formula is C22H20ClN5O. The van der Waals surface area contributed by atoms with E-state index < -0.39 is 0 Å². The van der Waals surface area contributed by atoms with Gasteiger partial charge in [0, 0.05) is 37.1 Å². The van der Waals surface area contributed by atoms with E-state index in [-0.39, 0.29) is 0 Å². The Balaban J connectivity index is 1.67. The molecule has 2 N–H and O–H groups in total. The zero-order valence-electron chi connectivity index (χ0n) is 15.9. The summed E-state index contributed by atoms with van der Waals surface area (Å²) in [6, 6.07) is 17.5. The fourth-order valence-corrected chi connectivity index (χ4v) is 3.14. The molecule has 0 aliphatic heterocycles. The average molecular weight is 406 g/mol. The van der Waals surface area contributed by atoms with E-state index in [9.17, 15) is 0 Å². The van der Waals surface area contributed by atoms with Crippen LogP contribution in [0.5, 0.6) is 11.6 Å². The minimum absolute atomic E-state index is 0.342. The van der Waals surface area contributed by atoms with Crippen LogP contribution in [0, 0.1) is 0 Å². The molecule has 3 heterocycles. The number of rotatable bonds is 6. The fraction of sp³-hybridized carbons (Fsp3) is 0.136. The van der Waals surface area contributed by atoms with Gasteiger partial charge in [0.2, 0.25) is 5.88 Å². The molecule has 29 heavy (non-hydrogen) atoms. The van der Waals surface area contributed by atoms with E-state index in [0.717, 1.165) is 34.5 Å². The van der Waals surface area contributed by atoms with Gasteiger partial charge in [-0.05, 0) is 24.6 Å². The maximum atomic E-state index is 6.17. The number of hydrogen-bond donors (Lipinski definition) is 1. The zero-order valence-corrected chi connectivity index (χ0v) is 16.7. The number of hydrogen-bond acceptors (Lipinski definition) is 5. The molecular weight excluding hydrogens is 386 g/mol. The third-order valence-corrected chi connectivity index (χ3v) is 4.69. The summed E-state index contributed by atoms with van der Waals surface area (Å²) in [5, 5.41) is 4.89. The molecule has 0 unspecified atom stereocenters. The van der Waals surface area contributed by atoms with Gasteiger partial charge in [-0.25, -0.2) is 9.67 Å². The van der Waals surface area contributed by atoms with Gasteiger partial charge in [-0.3, -0.25) is 4.98 Å². The second kappa shape index (κ2) is 8.43. The number of benzene rings is 1. The van der Waals surface area contributed by atoms with Crippen LogP contribution in [0.15, 0.2) is 67.0 Å². The van der Waals surface area contributed by atoms with Gasteiger partial charge in [-0.1, -0.05) is 48.0 Å². The predicted octanol–water partition coefficient (Wildman–Crippen LogP) is 4.49. The monoisotopic (exact) mass is 405 g/mol. The van der Waals surface area contributed by atoms with Crippen LogP contribution < -0.4 is 10.5 Å². The van der Waals surface area contributed by atoms with E-state index in [4.69, 9.17) is 22.1 Å². The first-order chi connectivity index (χ1) is 14.1. The van der Waals surface area contributed by atoms with E-state index in [1.807, 2.05) is 61.8 Å². The average Bonchev–Trinajstić information content (AvgIpc) is 3.10. The smallest absolute Gasteiger partial charge is 0.218 e. The molecule has 0 fully saturated rings. The van der Waals surface area contributed by atoms with Crippen molar-refractivity contribution < 1.29 is 4.74 Å². The van der Waals surface area contributed by atoms with Crippen LogP contribution in [-0.2, 0) is 13.5 Å². The minimum Gasteiger partial charge on any atom is -0.438 e. The predicted molar refractivity (Wildman–Crippen MR) is 114 cm³/mol. The number of nitrogens with two attached hydrogens (primary N) is 1. The molecule has 0 aliphatic carbocycles. The third-order valence-electron chi connectivity index (χ3n) is 4.49. The van der Waals surface area contributed by atoms with Crippen molar-refractivity contribution in [2.75, 3.05) is 6.54 Å². The Labute approximate surface area is 174 Å². The van der Waals surface area contributed by atoms with E-state index in [2.05, 4.69) is 15.1 Å². The normalized spacial score (nSPS) is 10.9. The van der Waals surface area contributed by atoms with Crippen LogP contribution in [0.25, 0.3) is 22.5 Å². The molecule has 1 aromatic carbocycles. The number of nitrogens with zero attached hydrogens (tertiary/aromatic N) is 4. The molecule has 0 saturated carbocycles. The first kappa shape index (κ1) is 19.1. The molecule has 0 radical (unpaired) electrons. The van der Waals surface area contributed by atoms with E-state index in [0.29, 0.717) is 23.3 Å². The van der Waals surface area contributed by atoms with Crippen molar-refractivity contribution in [3.63, 3.8) is 0 Å². The highest BCUT2D eigenvalue weighted by Gasteiger charge is 2.14. The molecule has 4 rings (SSSR count). The van der Waals surface area contributed by atoms with Crippen LogP contribution >= 0.6 is 11.6 Å². The fourth-order valence-electron chi connectivity index (χ4n) is 3.00. The first-order valence-corrected chi connectivity index (χ1v) is 9.60. The summed E-state index contributed by atoms with van der Waals surface area (Å²) in [7, 11) is 1.84. The van der Waals surface area contributed by atoms with Crippen LogP contribution in [0.2, 0.25) is 5.15 Å². The molecule has 0 saturated heterocycles. The Morgan fingerprint density at radius 1 is 1.00 bits per heavy atom. The quantitative estimate of drug-likeness (QED) is 0.478. The van der Waals surface area contributed by atoms with Gasteiger partial charge in [-0.15, -0.1) is 0 Å². The van der Waals surface area contributed by atoms with Crippen LogP contribution in [-0.4, -0.2) is 26.3 Å². The van der Waals surface area contributed by atoms with Crippen LogP contribution in [0.1, 0.15) is 5.56 Å². The second-order valence-corrected chi connectivity index (χ2v) is 6.94. The highest BCUT2D eigenvalue weighted by Crippen LogP contribution is 2.34. The molecule has 0 aliphatic rings. The Bertz CT molecular complexity index is 1110. The summed E-state index contributed by atoms with van der Waals surface area (Å²) in [6.45, 7) is 0.585. The summed E-state index contributed by atoms with van der Waals surface area (Å²) < 4.78 is 7.86. The van der Waals surface area contributed by atoms with E-state index in [1.165, 1.54) is 0 Å². The van der Waals surface area contributed by atoms with Gasteiger partial charge in [0.25, 0.3) is 0 Å². The largest absolute Gasteiger partial charge is 0.438 e. The lowest BCUT2D eigenvalue weighted by atomic mass is 10.1. The second-order valence-electron chi connectivity index (χ2n) is 6.55. The highest BCUT2D eigenvalue weighted by atomic mass is 35.5. The number of pyridine rings is 2. The van der Waals surface area contributed by atoms with Crippen molar-refractivity contribution in [2.45, 2.75) is 6.42 Å². The zero-order chi connectivity index (χ0) is 20.2. The standard InChI is InChI=1S/C22H20ClN5O/c1-28-22(11-19(27-28)16-5-3-2-4-6-16)29-20-12-21(23)26-14-17(20)18-8-7-15(9-10-24)13-25-18/h2-8,11-14H,9-10,24H2,1H3. The van der Waals surface area contributed by atoms with Gasteiger partial charge in [0.1, 0.15) is 10.9 Å². The van der Waals surface area contributed by atoms with Crippen molar-refractivity contribution in [3.05, 3.63) is 77.7 Å². The van der Waals surface area contributed by atoms with Crippen molar-refractivity contribution in [1.29, 1.82) is 0 Å². The molecule has 0 spiro atoms. The SMILES string of the molecule is Cn1nc(-c2ccccc2)cc1Oc1cc(Cl)ncc1-c1ccc(CCN)cn1. The van der Waals surface area contributed by atoms with Gasteiger partial charge in [0.05, 0.1) is 17.0 Å². The summed E-state index contributed by atoms with van der Waals surface area (Å²) in [5.41, 5.74) is 10.0. The topological polar surface area (TPSA) is 78.8 Å². The van der Waals surface area contributed by atoms with Gasteiger partial charge >= 0.3 is 0 Å². The lowest BCUT2D eigenvalue weighted by Crippen LogP contribution is -2.03. The maximum absolute atomic E-state index is 6.17. The van der Waals surface area contributed by atoms with Gasteiger partial charge in [0.15, 0.2) is 0 Å². The van der Waals surface area contributed by atoms with Gasteiger partial charge < -0.3 is 10.5 Å². The highest BCUT2D eigenvalue weighted by molar-refractivity contribution is 6.29. The molecule has 6 nitrogen and oxygen atoms in total. The van der Waals surface area contributed by atoms with Crippen molar-refractivity contribution in [1.82, 2.24) is 19.7 Å². The summed E-state index contributed by atoms with van der Waals surface area (Å²) in [6.07, 6.45) is 4.27. The Morgan fingerprint density at radius 3 is 2.55 bits per heavy atom. The number of halogens is 1. The van der Waals surface area contributed by atoms with E-state index >= 15 is 0 Å². The molecule has 146 valence electrons. The van der Waals surface area contributed by atoms with Crippen molar-refractivity contribution >= 4 is 11.6 Å². The number of aromatic nitrogens is 4.